The Morgan fingerprint density at radius 3 is 2.60 bits per heavy atom. The Kier molecular flexibility index (Phi) is 6.93. The summed E-state index contributed by atoms with van der Waals surface area (Å²) in [6.07, 6.45) is 2.78. The fraction of sp³-hybridized carbons (Fsp3) is 0.222. The lowest BCUT2D eigenvalue weighted by molar-refractivity contribution is -0.137. The first-order chi connectivity index (χ1) is 16.6. The van der Waals surface area contributed by atoms with Crippen molar-refractivity contribution in [1.82, 2.24) is 0 Å². The van der Waals surface area contributed by atoms with Crippen LogP contribution in [0.5, 0.6) is 5.75 Å². The minimum Gasteiger partial charge on any atom is -0.486 e. The number of aryl methyl sites for hydroxylation is 2. The summed E-state index contributed by atoms with van der Waals surface area (Å²) in [4.78, 5) is 11.2. The van der Waals surface area contributed by atoms with Gasteiger partial charge in [-0.2, -0.15) is 0 Å². The number of nitrogens with zero attached hydrogens (tertiary/aromatic N) is 1. The van der Waals surface area contributed by atoms with E-state index in [0.29, 0.717) is 22.6 Å². The maximum Gasteiger partial charge on any atom is 0.303 e. The number of hydrogen-bond donors (Lipinski definition) is 1. The average molecular weight is 496 g/mol. The molecule has 0 saturated heterocycles. The van der Waals surface area contributed by atoms with Crippen molar-refractivity contribution in [3.05, 3.63) is 88.7 Å². The molecule has 3 aromatic carbocycles. The Balaban J connectivity index is 1.74. The molecule has 3 aromatic rings. The minimum absolute atomic E-state index is 0.0176. The van der Waals surface area contributed by atoms with Gasteiger partial charge in [-0.1, -0.05) is 42.0 Å². The van der Waals surface area contributed by atoms with Crippen LogP contribution in [-0.2, 0) is 14.8 Å². The zero-order valence-corrected chi connectivity index (χ0v) is 20.3. The third kappa shape index (κ3) is 5.54. The normalized spacial score (nSPS) is 15.6. The maximum atomic E-state index is 14.2. The van der Waals surface area contributed by atoms with E-state index in [-0.39, 0.29) is 30.1 Å². The average Bonchev–Trinajstić information content (AvgIpc) is 2.82. The van der Waals surface area contributed by atoms with Gasteiger partial charge in [0.25, 0.3) is 10.0 Å². The van der Waals surface area contributed by atoms with E-state index in [1.807, 2.05) is 19.9 Å². The van der Waals surface area contributed by atoms with Crippen molar-refractivity contribution in [2.45, 2.75) is 37.7 Å². The number of ether oxygens (including phenoxy) is 1. The van der Waals surface area contributed by atoms with Gasteiger partial charge in [0.15, 0.2) is 0 Å². The smallest absolute Gasteiger partial charge is 0.303 e. The molecule has 8 heteroatoms. The van der Waals surface area contributed by atoms with Crippen molar-refractivity contribution in [2.24, 2.45) is 0 Å². The minimum atomic E-state index is -3.94. The van der Waals surface area contributed by atoms with Crippen LogP contribution in [0.2, 0.25) is 0 Å². The summed E-state index contributed by atoms with van der Waals surface area (Å²) in [6, 6.07) is 16.6. The van der Waals surface area contributed by atoms with Crippen LogP contribution in [0.1, 0.15) is 35.1 Å². The van der Waals surface area contributed by atoms with Gasteiger partial charge in [0.05, 0.1) is 17.1 Å². The third-order valence-corrected chi connectivity index (χ3v) is 7.56. The van der Waals surface area contributed by atoms with Gasteiger partial charge in [-0.05, 0) is 67.8 Å². The van der Waals surface area contributed by atoms with Crippen molar-refractivity contribution in [2.75, 3.05) is 10.8 Å². The van der Waals surface area contributed by atoms with Crippen molar-refractivity contribution < 1.29 is 27.4 Å². The van der Waals surface area contributed by atoms with E-state index in [1.165, 1.54) is 16.4 Å². The number of halogens is 1. The van der Waals surface area contributed by atoms with Crippen LogP contribution < -0.4 is 9.04 Å². The summed E-state index contributed by atoms with van der Waals surface area (Å²) in [7, 11) is -3.94. The van der Waals surface area contributed by atoms with Crippen molar-refractivity contribution in [3.8, 4) is 5.75 Å². The van der Waals surface area contributed by atoms with Crippen LogP contribution in [0.25, 0.3) is 12.2 Å². The molecule has 0 amide bonds. The molecule has 1 N–H and O–H groups in total. The highest BCUT2D eigenvalue weighted by molar-refractivity contribution is 7.92. The topological polar surface area (TPSA) is 83.9 Å². The first-order valence-electron chi connectivity index (χ1n) is 11.2. The van der Waals surface area contributed by atoms with Crippen LogP contribution in [0.4, 0.5) is 10.1 Å². The second kappa shape index (κ2) is 9.92. The Morgan fingerprint density at radius 1 is 1.09 bits per heavy atom. The lowest BCUT2D eigenvalue weighted by Crippen LogP contribution is -2.43. The second-order valence-electron chi connectivity index (χ2n) is 8.61. The summed E-state index contributed by atoms with van der Waals surface area (Å²) in [5.74, 6) is -0.976. The number of hydrogen-bond acceptors (Lipinski definition) is 4. The van der Waals surface area contributed by atoms with Gasteiger partial charge in [-0.3, -0.25) is 9.10 Å². The molecular formula is C27H26FNO5S. The highest BCUT2D eigenvalue weighted by atomic mass is 32.2. The van der Waals surface area contributed by atoms with Gasteiger partial charge in [0, 0.05) is 12.0 Å². The molecule has 0 spiro atoms. The van der Waals surface area contributed by atoms with E-state index in [2.05, 4.69) is 0 Å². The van der Waals surface area contributed by atoms with E-state index in [1.54, 1.807) is 54.6 Å². The van der Waals surface area contributed by atoms with Crippen LogP contribution in [0, 0.1) is 19.7 Å². The number of fused-ring (bicyclic) bond motifs is 1. The van der Waals surface area contributed by atoms with E-state index < -0.39 is 22.1 Å². The Morgan fingerprint density at radius 2 is 1.86 bits per heavy atom. The van der Waals surface area contributed by atoms with E-state index in [9.17, 15) is 17.6 Å². The molecule has 0 unspecified atom stereocenters. The first-order valence-corrected chi connectivity index (χ1v) is 12.6. The van der Waals surface area contributed by atoms with E-state index in [4.69, 9.17) is 9.84 Å². The molecule has 0 bridgehead atoms. The highest BCUT2D eigenvalue weighted by Gasteiger charge is 2.34. The number of aliphatic carboxylic acids is 1. The van der Waals surface area contributed by atoms with E-state index >= 15 is 0 Å². The molecule has 1 aliphatic rings. The van der Waals surface area contributed by atoms with Gasteiger partial charge in [-0.25, -0.2) is 12.8 Å². The summed E-state index contributed by atoms with van der Waals surface area (Å²) >= 11 is 0. The van der Waals surface area contributed by atoms with Crippen molar-refractivity contribution in [1.29, 1.82) is 0 Å². The molecule has 1 aliphatic heterocycles. The molecule has 1 atom stereocenters. The van der Waals surface area contributed by atoms with Gasteiger partial charge < -0.3 is 9.84 Å². The zero-order chi connectivity index (χ0) is 25.2. The fourth-order valence-electron chi connectivity index (χ4n) is 3.97. The number of sulfonamides is 1. The fourth-order valence-corrected chi connectivity index (χ4v) is 5.58. The van der Waals surface area contributed by atoms with E-state index in [0.717, 1.165) is 11.1 Å². The molecular weight excluding hydrogens is 469 g/mol. The Bertz CT molecular complexity index is 1400. The Labute approximate surface area is 204 Å². The number of carbonyl (C=O) groups is 1. The largest absolute Gasteiger partial charge is 0.486 e. The molecule has 0 saturated carbocycles. The quantitative estimate of drug-likeness (QED) is 0.442. The summed E-state index contributed by atoms with van der Waals surface area (Å²) < 4.78 is 48.7. The van der Waals surface area contributed by atoms with Crippen LogP contribution >= 0.6 is 0 Å². The van der Waals surface area contributed by atoms with Crippen molar-refractivity contribution in [3.63, 3.8) is 0 Å². The number of benzene rings is 3. The summed E-state index contributed by atoms with van der Waals surface area (Å²) in [5, 5.41) is 9.08. The zero-order valence-electron chi connectivity index (χ0n) is 19.4. The summed E-state index contributed by atoms with van der Waals surface area (Å²) in [6.45, 7) is 3.67. The predicted octanol–water partition coefficient (Wildman–Crippen LogP) is 5.43. The molecule has 4 rings (SSSR count). The molecule has 0 aliphatic carbocycles. The monoisotopic (exact) mass is 495 g/mol. The molecule has 182 valence electrons. The van der Waals surface area contributed by atoms with Gasteiger partial charge in [0.1, 0.15) is 17.7 Å². The van der Waals surface area contributed by atoms with Crippen LogP contribution in [-0.4, -0.2) is 32.1 Å². The van der Waals surface area contributed by atoms with Gasteiger partial charge >= 0.3 is 5.97 Å². The molecule has 0 aromatic heterocycles. The molecule has 1 heterocycles. The number of carboxylic acids is 1. The molecule has 6 nitrogen and oxygen atoms in total. The second-order valence-corrected chi connectivity index (χ2v) is 10.5. The standard InChI is InChI=1S/C27H26FNO5S/c1-18-4-3-5-23(15-18)35(32,33)29-17-22(10-13-27(30)31)34-26-12-8-20(16-25(26)29)7-9-21-14-19(2)6-11-24(21)28/h3-9,11-12,14-16,22H,10,13,17H2,1-2H3,(H,30,31)/b9-7+/t22-/m0/s1. The maximum absolute atomic E-state index is 14.2. The number of anilines is 1. The molecule has 0 radical (unpaired) electrons. The first kappa shape index (κ1) is 24.5. The SMILES string of the molecule is Cc1cccc(S(=O)(=O)N2C[C@H](CCC(=O)O)Oc3ccc(/C=C/c4cc(C)ccc4F)cc32)c1. The van der Waals surface area contributed by atoms with Gasteiger partial charge in [-0.15, -0.1) is 0 Å². The Hall–Kier alpha value is -3.65. The molecule has 35 heavy (non-hydrogen) atoms. The lowest BCUT2D eigenvalue weighted by Gasteiger charge is -2.35. The summed E-state index contributed by atoms with van der Waals surface area (Å²) in [5.41, 5.74) is 3.18. The van der Waals surface area contributed by atoms with Crippen LogP contribution in [0.15, 0.2) is 65.6 Å². The van der Waals surface area contributed by atoms with Crippen molar-refractivity contribution >= 4 is 33.8 Å². The predicted molar refractivity (Wildman–Crippen MR) is 134 cm³/mol. The van der Waals surface area contributed by atoms with Crippen LogP contribution in [0.3, 0.4) is 0 Å². The third-order valence-electron chi connectivity index (χ3n) is 5.78. The lowest BCUT2D eigenvalue weighted by atomic mass is 10.1. The number of carboxylic acid groups (broad SMARTS) is 1. The molecule has 0 fully saturated rings. The highest BCUT2D eigenvalue weighted by Crippen LogP contribution is 2.39. The number of rotatable bonds is 7. The van der Waals surface area contributed by atoms with Gasteiger partial charge in [0.2, 0.25) is 0 Å².